The van der Waals surface area contributed by atoms with Gasteiger partial charge in [0.15, 0.2) is 11.5 Å². The summed E-state index contributed by atoms with van der Waals surface area (Å²) in [6.45, 7) is 0.459. The van der Waals surface area contributed by atoms with Crippen LogP contribution in [0.3, 0.4) is 0 Å². The zero-order valence-electron chi connectivity index (χ0n) is 10.9. The molecule has 0 bridgehead atoms. The molecule has 1 heterocycles. The lowest BCUT2D eigenvalue weighted by Crippen LogP contribution is -2.30. The van der Waals surface area contributed by atoms with E-state index >= 15 is 0 Å². The van der Waals surface area contributed by atoms with Crippen LogP contribution in [0.15, 0.2) is 18.2 Å². The summed E-state index contributed by atoms with van der Waals surface area (Å²) in [6, 6.07) is 5.16. The Morgan fingerprint density at radius 3 is 2.58 bits per heavy atom. The fourth-order valence-electron chi connectivity index (χ4n) is 2.19. The number of imide groups is 1. The second-order valence-electron chi connectivity index (χ2n) is 4.55. The lowest BCUT2D eigenvalue weighted by molar-refractivity contribution is -0.138. The topological polar surface area (TPSA) is 66.8 Å². The molecule has 0 aliphatic carbocycles. The Morgan fingerprint density at radius 1 is 1.26 bits per heavy atom. The normalized spacial score (nSPS) is 15.1. The summed E-state index contributed by atoms with van der Waals surface area (Å²) in [5, 5.41) is 9.48. The predicted molar refractivity (Wildman–Crippen MR) is 68.9 cm³/mol. The lowest BCUT2D eigenvalue weighted by Gasteiger charge is -2.13. The summed E-state index contributed by atoms with van der Waals surface area (Å²) in [7, 11) is 1.50. The molecule has 2 rings (SSSR count). The van der Waals surface area contributed by atoms with Crippen molar-refractivity contribution in [3.63, 3.8) is 0 Å². The number of rotatable bonds is 5. The second-order valence-corrected chi connectivity index (χ2v) is 4.55. The quantitative estimate of drug-likeness (QED) is 0.817. The lowest BCUT2D eigenvalue weighted by atomic mass is 10.1. The van der Waals surface area contributed by atoms with E-state index < -0.39 is 0 Å². The van der Waals surface area contributed by atoms with Crippen molar-refractivity contribution < 1.29 is 19.4 Å². The summed E-state index contributed by atoms with van der Waals surface area (Å²) < 4.78 is 5.03. The second kappa shape index (κ2) is 5.73. The van der Waals surface area contributed by atoms with Crippen LogP contribution in [0.1, 0.15) is 24.8 Å². The molecule has 1 N–H and O–H groups in total. The number of ether oxygens (including phenoxy) is 1. The van der Waals surface area contributed by atoms with Gasteiger partial charge in [-0.15, -0.1) is 0 Å². The number of aromatic hydroxyl groups is 1. The van der Waals surface area contributed by atoms with Crippen LogP contribution in [0.4, 0.5) is 0 Å². The highest BCUT2D eigenvalue weighted by atomic mass is 16.5. The molecule has 19 heavy (non-hydrogen) atoms. The molecule has 1 aliphatic rings. The van der Waals surface area contributed by atoms with Gasteiger partial charge in [-0.25, -0.2) is 0 Å². The molecule has 0 spiro atoms. The zero-order valence-corrected chi connectivity index (χ0v) is 10.9. The van der Waals surface area contributed by atoms with Gasteiger partial charge in [-0.3, -0.25) is 14.5 Å². The van der Waals surface area contributed by atoms with Crippen LogP contribution in [0.5, 0.6) is 11.5 Å². The molecule has 0 saturated carbocycles. The highest BCUT2D eigenvalue weighted by molar-refractivity contribution is 6.01. The van der Waals surface area contributed by atoms with Crippen molar-refractivity contribution in [2.75, 3.05) is 13.7 Å². The monoisotopic (exact) mass is 263 g/mol. The maximum atomic E-state index is 11.4. The number of hydrogen-bond donors (Lipinski definition) is 1. The van der Waals surface area contributed by atoms with Crippen molar-refractivity contribution >= 4 is 11.8 Å². The number of likely N-dealkylation sites (tertiary alicyclic amines) is 1. The van der Waals surface area contributed by atoms with Crippen molar-refractivity contribution in [1.82, 2.24) is 4.90 Å². The number of carbonyl (C=O) groups excluding carboxylic acids is 2. The van der Waals surface area contributed by atoms with E-state index in [0.29, 0.717) is 31.6 Å². The first-order valence-electron chi connectivity index (χ1n) is 6.31. The minimum atomic E-state index is -0.0757. The molecule has 5 nitrogen and oxygen atoms in total. The average molecular weight is 263 g/mol. The van der Waals surface area contributed by atoms with Crippen LogP contribution in [0, 0.1) is 0 Å². The highest BCUT2D eigenvalue weighted by Crippen LogP contribution is 2.26. The summed E-state index contributed by atoms with van der Waals surface area (Å²) in [4.78, 5) is 24.2. The molecule has 1 fully saturated rings. The molecule has 0 aromatic heterocycles. The van der Waals surface area contributed by atoms with Gasteiger partial charge in [-0.05, 0) is 30.5 Å². The first-order valence-corrected chi connectivity index (χ1v) is 6.31. The molecular weight excluding hydrogens is 246 g/mol. The third-order valence-corrected chi connectivity index (χ3v) is 3.25. The van der Waals surface area contributed by atoms with E-state index in [1.807, 2.05) is 6.07 Å². The van der Waals surface area contributed by atoms with Crippen LogP contribution in [-0.4, -0.2) is 35.5 Å². The highest BCUT2D eigenvalue weighted by Gasteiger charge is 2.27. The Balaban J connectivity index is 1.89. The van der Waals surface area contributed by atoms with Gasteiger partial charge in [0.1, 0.15) is 0 Å². The van der Waals surface area contributed by atoms with Gasteiger partial charge in [0, 0.05) is 19.4 Å². The first-order chi connectivity index (χ1) is 9.11. The third kappa shape index (κ3) is 3.05. The van der Waals surface area contributed by atoms with Gasteiger partial charge in [0.25, 0.3) is 0 Å². The minimum Gasteiger partial charge on any atom is -0.504 e. The molecule has 5 heteroatoms. The van der Waals surface area contributed by atoms with E-state index in [9.17, 15) is 14.7 Å². The number of hydrogen-bond acceptors (Lipinski definition) is 4. The maximum Gasteiger partial charge on any atom is 0.229 e. The number of carbonyl (C=O) groups is 2. The van der Waals surface area contributed by atoms with Crippen molar-refractivity contribution in [3.05, 3.63) is 23.8 Å². The van der Waals surface area contributed by atoms with Crippen LogP contribution in [0.2, 0.25) is 0 Å². The Kier molecular flexibility index (Phi) is 4.04. The number of methoxy groups -OCH3 is 1. The van der Waals surface area contributed by atoms with E-state index in [1.54, 1.807) is 12.1 Å². The van der Waals surface area contributed by atoms with Gasteiger partial charge in [-0.2, -0.15) is 0 Å². The standard InChI is InChI=1S/C14H17NO4/c1-19-12-9-10(4-5-11(12)16)3-2-8-15-13(17)6-7-14(15)18/h4-5,9,16H,2-3,6-8H2,1H3. The van der Waals surface area contributed by atoms with Crippen molar-refractivity contribution in [3.8, 4) is 11.5 Å². The number of benzene rings is 1. The molecule has 102 valence electrons. The molecule has 1 aromatic rings. The van der Waals surface area contributed by atoms with Crippen LogP contribution >= 0.6 is 0 Å². The smallest absolute Gasteiger partial charge is 0.229 e. The maximum absolute atomic E-state index is 11.4. The van der Waals surface area contributed by atoms with E-state index in [-0.39, 0.29) is 17.6 Å². The van der Waals surface area contributed by atoms with Crippen molar-refractivity contribution in [1.29, 1.82) is 0 Å². The SMILES string of the molecule is COc1cc(CCCN2C(=O)CCC2=O)ccc1O. The summed E-state index contributed by atoms with van der Waals surface area (Å²) >= 11 is 0. The summed E-state index contributed by atoms with van der Waals surface area (Å²) in [5.74, 6) is 0.392. The van der Waals surface area contributed by atoms with Crippen LogP contribution in [-0.2, 0) is 16.0 Å². The van der Waals surface area contributed by atoms with Gasteiger partial charge >= 0.3 is 0 Å². The molecule has 0 atom stereocenters. The molecule has 2 amide bonds. The number of nitrogens with zero attached hydrogens (tertiary/aromatic N) is 1. The predicted octanol–water partition coefficient (Wildman–Crippen LogP) is 1.48. The van der Waals surface area contributed by atoms with E-state index in [1.165, 1.54) is 12.0 Å². The Hall–Kier alpha value is -2.04. The van der Waals surface area contributed by atoms with Crippen LogP contribution in [0.25, 0.3) is 0 Å². The van der Waals surface area contributed by atoms with Crippen molar-refractivity contribution in [2.45, 2.75) is 25.7 Å². The van der Waals surface area contributed by atoms with E-state index in [0.717, 1.165) is 12.0 Å². The Bertz CT molecular complexity index is 482. The largest absolute Gasteiger partial charge is 0.504 e. The molecule has 0 radical (unpaired) electrons. The zero-order chi connectivity index (χ0) is 13.8. The van der Waals surface area contributed by atoms with Gasteiger partial charge in [-0.1, -0.05) is 6.07 Å². The molecule has 0 unspecified atom stereocenters. The van der Waals surface area contributed by atoms with Gasteiger partial charge in [0.2, 0.25) is 11.8 Å². The Labute approximate surface area is 111 Å². The number of phenols is 1. The van der Waals surface area contributed by atoms with Crippen molar-refractivity contribution in [2.24, 2.45) is 0 Å². The van der Waals surface area contributed by atoms with E-state index in [2.05, 4.69) is 0 Å². The number of phenolic OH excluding ortho intramolecular Hbond substituents is 1. The van der Waals surface area contributed by atoms with Gasteiger partial charge in [0.05, 0.1) is 7.11 Å². The molecule has 1 aliphatic heterocycles. The Morgan fingerprint density at radius 2 is 1.95 bits per heavy atom. The summed E-state index contributed by atoms with van der Waals surface area (Å²) in [5.41, 5.74) is 1.01. The molecule has 1 saturated heterocycles. The number of aryl methyl sites for hydroxylation is 1. The van der Waals surface area contributed by atoms with Gasteiger partial charge < -0.3 is 9.84 Å². The third-order valence-electron chi connectivity index (χ3n) is 3.25. The fraction of sp³-hybridized carbons (Fsp3) is 0.429. The number of amides is 2. The first kappa shape index (κ1) is 13.4. The van der Waals surface area contributed by atoms with E-state index in [4.69, 9.17) is 4.74 Å². The van der Waals surface area contributed by atoms with Crippen LogP contribution < -0.4 is 4.74 Å². The molecular formula is C14H17NO4. The fourth-order valence-corrected chi connectivity index (χ4v) is 2.19. The minimum absolute atomic E-state index is 0.0757. The molecule has 1 aromatic carbocycles. The average Bonchev–Trinajstić information content (AvgIpc) is 2.72. The summed E-state index contributed by atoms with van der Waals surface area (Å²) in [6.07, 6.45) is 2.12.